The maximum Gasteiger partial charge on any atom is 0.295 e. The molecule has 0 aliphatic rings. The van der Waals surface area contributed by atoms with E-state index in [2.05, 4.69) is 24.1 Å². The predicted octanol–water partition coefficient (Wildman–Crippen LogP) is 2.88. The lowest BCUT2D eigenvalue weighted by atomic mass is 10.1. The van der Waals surface area contributed by atoms with Gasteiger partial charge in [0.15, 0.2) is 5.58 Å². The zero-order valence-corrected chi connectivity index (χ0v) is 11.5. The first kappa shape index (κ1) is 13.7. The number of aromatic nitrogens is 1. The molecule has 0 fully saturated rings. The molecule has 1 aromatic carbocycles. The smallest absolute Gasteiger partial charge is 0.295 e. The van der Waals surface area contributed by atoms with Crippen molar-refractivity contribution in [2.45, 2.75) is 20.3 Å². The van der Waals surface area contributed by atoms with Gasteiger partial charge in [0.05, 0.1) is 12.3 Å². The Hall–Kier alpha value is -1.75. The van der Waals surface area contributed by atoms with E-state index < -0.39 is 0 Å². The summed E-state index contributed by atoms with van der Waals surface area (Å²) in [6.07, 6.45) is 1.08. The molecule has 2 rings (SSSR count). The number of rotatable bonds is 7. The number of hydrogen-bond donors (Lipinski definition) is 2. The van der Waals surface area contributed by atoms with Gasteiger partial charge in [0, 0.05) is 13.2 Å². The van der Waals surface area contributed by atoms with Gasteiger partial charge in [-0.15, -0.1) is 0 Å². The van der Waals surface area contributed by atoms with E-state index in [4.69, 9.17) is 14.9 Å². The Morgan fingerprint density at radius 2 is 2.21 bits per heavy atom. The van der Waals surface area contributed by atoms with Gasteiger partial charge in [0.25, 0.3) is 6.01 Å². The second-order valence-electron chi connectivity index (χ2n) is 4.93. The molecule has 5 heteroatoms. The number of para-hydroxylation sites is 1. The van der Waals surface area contributed by atoms with E-state index in [0.717, 1.165) is 13.0 Å². The minimum Gasteiger partial charge on any atom is -0.423 e. The van der Waals surface area contributed by atoms with E-state index in [1.807, 2.05) is 18.2 Å². The SMILES string of the molecule is CC(C)CCOCCNc1nc2c(N)cccc2o1. The summed E-state index contributed by atoms with van der Waals surface area (Å²) in [7, 11) is 0. The number of oxazole rings is 1. The van der Waals surface area contributed by atoms with Crippen LogP contribution in [0.15, 0.2) is 22.6 Å². The summed E-state index contributed by atoms with van der Waals surface area (Å²) in [5, 5.41) is 3.09. The van der Waals surface area contributed by atoms with Crippen LogP contribution in [0.25, 0.3) is 11.1 Å². The highest BCUT2D eigenvalue weighted by Crippen LogP contribution is 2.23. The molecule has 3 N–H and O–H groups in total. The Balaban J connectivity index is 1.77. The quantitative estimate of drug-likeness (QED) is 0.593. The van der Waals surface area contributed by atoms with Gasteiger partial charge >= 0.3 is 0 Å². The van der Waals surface area contributed by atoms with Crippen molar-refractivity contribution in [3.05, 3.63) is 18.2 Å². The van der Waals surface area contributed by atoms with E-state index in [9.17, 15) is 0 Å². The molecule has 0 radical (unpaired) electrons. The fourth-order valence-electron chi connectivity index (χ4n) is 1.70. The van der Waals surface area contributed by atoms with Crippen LogP contribution in [0.4, 0.5) is 11.7 Å². The maximum atomic E-state index is 5.82. The van der Waals surface area contributed by atoms with Crippen molar-refractivity contribution in [3.8, 4) is 0 Å². The van der Waals surface area contributed by atoms with Crippen LogP contribution in [-0.4, -0.2) is 24.7 Å². The Kier molecular flexibility index (Phi) is 4.63. The fourth-order valence-corrected chi connectivity index (χ4v) is 1.70. The second-order valence-corrected chi connectivity index (χ2v) is 4.93. The third-order valence-corrected chi connectivity index (χ3v) is 2.81. The molecule has 2 aromatic rings. The standard InChI is InChI=1S/C14H21N3O2/c1-10(2)6-8-18-9-7-16-14-17-13-11(15)4-3-5-12(13)19-14/h3-5,10H,6-9,15H2,1-2H3,(H,16,17). The largest absolute Gasteiger partial charge is 0.423 e. The summed E-state index contributed by atoms with van der Waals surface area (Å²) in [5.74, 6) is 0.674. The van der Waals surface area contributed by atoms with Crippen LogP contribution in [0.2, 0.25) is 0 Å². The van der Waals surface area contributed by atoms with Crippen LogP contribution in [0, 0.1) is 5.92 Å². The fraction of sp³-hybridized carbons (Fsp3) is 0.500. The molecule has 0 spiro atoms. The van der Waals surface area contributed by atoms with Gasteiger partial charge in [-0.2, -0.15) is 4.98 Å². The molecule has 0 aliphatic heterocycles. The van der Waals surface area contributed by atoms with Gasteiger partial charge in [0.2, 0.25) is 0 Å². The number of fused-ring (bicyclic) bond motifs is 1. The molecule has 19 heavy (non-hydrogen) atoms. The van der Waals surface area contributed by atoms with Crippen LogP contribution in [-0.2, 0) is 4.74 Å². The lowest BCUT2D eigenvalue weighted by molar-refractivity contribution is 0.132. The van der Waals surface area contributed by atoms with Gasteiger partial charge in [-0.05, 0) is 24.5 Å². The van der Waals surface area contributed by atoms with Crippen molar-refractivity contribution in [3.63, 3.8) is 0 Å². The van der Waals surface area contributed by atoms with Gasteiger partial charge in [-0.3, -0.25) is 0 Å². The number of nitrogen functional groups attached to an aromatic ring is 1. The minimum absolute atomic E-state index is 0.486. The third kappa shape index (κ3) is 3.86. The molecule has 0 bridgehead atoms. The number of nitrogens with zero attached hydrogens (tertiary/aromatic N) is 1. The Labute approximate surface area is 113 Å². The normalized spacial score (nSPS) is 11.3. The van der Waals surface area contributed by atoms with Crippen molar-refractivity contribution in [1.82, 2.24) is 4.98 Å². The van der Waals surface area contributed by atoms with Gasteiger partial charge < -0.3 is 20.2 Å². The van der Waals surface area contributed by atoms with E-state index >= 15 is 0 Å². The highest BCUT2D eigenvalue weighted by Gasteiger charge is 2.06. The number of anilines is 2. The number of benzene rings is 1. The lowest BCUT2D eigenvalue weighted by Gasteiger charge is -2.06. The van der Waals surface area contributed by atoms with Crippen molar-refractivity contribution in [2.75, 3.05) is 30.8 Å². The number of nitrogens with two attached hydrogens (primary N) is 1. The molecule has 0 amide bonds. The van der Waals surface area contributed by atoms with Gasteiger partial charge in [-0.1, -0.05) is 19.9 Å². The maximum absolute atomic E-state index is 5.82. The molecule has 104 valence electrons. The molecule has 0 aliphatic carbocycles. The molecular weight excluding hydrogens is 242 g/mol. The van der Waals surface area contributed by atoms with Gasteiger partial charge in [0.1, 0.15) is 5.52 Å². The minimum atomic E-state index is 0.486. The first-order valence-corrected chi connectivity index (χ1v) is 6.63. The van der Waals surface area contributed by atoms with E-state index in [-0.39, 0.29) is 0 Å². The van der Waals surface area contributed by atoms with Crippen molar-refractivity contribution < 1.29 is 9.15 Å². The Bertz CT molecular complexity index is 522. The topological polar surface area (TPSA) is 73.3 Å². The van der Waals surface area contributed by atoms with Crippen LogP contribution >= 0.6 is 0 Å². The van der Waals surface area contributed by atoms with Crippen LogP contribution < -0.4 is 11.1 Å². The van der Waals surface area contributed by atoms with Crippen molar-refractivity contribution in [1.29, 1.82) is 0 Å². The molecule has 0 unspecified atom stereocenters. The first-order valence-electron chi connectivity index (χ1n) is 6.63. The Morgan fingerprint density at radius 1 is 1.37 bits per heavy atom. The molecule has 1 aromatic heterocycles. The highest BCUT2D eigenvalue weighted by atomic mass is 16.5. The summed E-state index contributed by atoms with van der Waals surface area (Å²) in [6.45, 7) is 6.47. The molecule has 1 heterocycles. The lowest BCUT2D eigenvalue weighted by Crippen LogP contribution is -2.10. The number of ether oxygens (including phenoxy) is 1. The summed E-state index contributed by atoms with van der Waals surface area (Å²) >= 11 is 0. The summed E-state index contributed by atoms with van der Waals surface area (Å²) in [5.41, 5.74) is 7.84. The van der Waals surface area contributed by atoms with Crippen LogP contribution in [0.3, 0.4) is 0 Å². The van der Waals surface area contributed by atoms with Gasteiger partial charge in [-0.25, -0.2) is 0 Å². The van der Waals surface area contributed by atoms with Crippen LogP contribution in [0.1, 0.15) is 20.3 Å². The summed E-state index contributed by atoms with van der Waals surface area (Å²) < 4.78 is 11.0. The molecular formula is C14H21N3O2. The van der Waals surface area contributed by atoms with E-state index in [1.165, 1.54) is 0 Å². The zero-order valence-electron chi connectivity index (χ0n) is 11.5. The summed E-state index contributed by atoms with van der Waals surface area (Å²) in [6, 6.07) is 5.99. The van der Waals surface area contributed by atoms with Crippen LogP contribution in [0.5, 0.6) is 0 Å². The molecule has 0 saturated heterocycles. The summed E-state index contributed by atoms with van der Waals surface area (Å²) in [4.78, 5) is 4.30. The van der Waals surface area contributed by atoms with Crippen molar-refractivity contribution >= 4 is 22.8 Å². The van der Waals surface area contributed by atoms with E-state index in [1.54, 1.807) is 0 Å². The average Bonchev–Trinajstić information content (AvgIpc) is 2.78. The predicted molar refractivity (Wildman–Crippen MR) is 77.2 cm³/mol. The highest BCUT2D eigenvalue weighted by molar-refractivity contribution is 5.86. The monoisotopic (exact) mass is 263 g/mol. The Morgan fingerprint density at radius 3 is 2.95 bits per heavy atom. The number of hydrogen-bond acceptors (Lipinski definition) is 5. The van der Waals surface area contributed by atoms with Crippen molar-refractivity contribution in [2.24, 2.45) is 5.92 Å². The third-order valence-electron chi connectivity index (χ3n) is 2.81. The molecule has 5 nitrogen and oxygen atoms in total. The second kappa shape index (κ2) is 6.43. The molecule has 0 atom stereocenters. The number of nitrogens with one attached hydrogen (secondary N) is 1. The van der Waals surface area contributed by atoms with E-state index in [0.29, 0.717) is 41.9 Å². The zero-order chi connectivity index (χ0) is 13.7. The molecule has 0 saturated carbocycles. The first-order chi connectivity index (χ1) is 9.16. The average molecular weight is 263 g/mol.